The van der Waals surface area contributed by atoms with Crippen LogP contribution in [0.3, 0.4) is 0 Å². The number of rotatable bonds is 8. The van der Waals surface area contributed by atoms with Gasteiger partial charge < -0.3 is 18.1 Å². The van der Waals surface area contributed by atoms with Gasteiger partial charge in [-0.25, -0.2) is 0 Å². The van der Waals surface area contributed by atoms with Gasteiger partial charge in [0, 0.05) is 116 Å². The van der Waals surface area contributed by atoms with E-state index in [1.54, 1.807) is 5.56 Å². The molecule has 0 saturated heterocycles. The summed E-state index contributed by atoms with van der Waals surface area (Å²) in [5.41, 5.74) is 41.2. The molecule has 2 aliphatic carbocycles. The molecule has 0 atom stereocenters. The Bertz CT molecular complexity index is 9620. The Kier molecular flexibility index (Phi) is 19.0. The van der Waals surface area contributed by atoms with Gasteiger partial charge in [-0.3, -0.25) is 0 Å². The summed E-state index contributed by atoms with van der Waals surface area (Å²) in [4.78, 5) is 0. The summed E-state index contributed by atoms with van der Waals surface area (Å²) >= 11 is 0. The fourth-order valence-corrected chi connectivity index (χ4v) is 26.8. The molecule has 4 heteroatoms. The third-order valence-electron chi connectivity index (χ3n) is 33.7. The fourth-order valence-electron chi connectivity index (χ4n) is 26.8. The number of aromatic nitrogens is 3. The number of nitrogens with zero attached hydrogens (tertiary/aromatic N) is 3. The van der Waals surface area contributed by atoms with Crippen LogP contribution in [-0.2, 0) is 33.6 Å². The molecule has 2 aliphatic rings. The summed E-state index contributed by atoms with van der Waals surface area (Å²) in [7, 11) is 0. The van der Waals surface area contributed by atoms with Crippen molar-refractivity contribution in [2.24, 2.45) is 0 Å². The van der Waals surface area contributed by atoms with E-state index in [9.17, 15) is 0 Å². The van der Waals surface area contributed by atoms with Crippen LogP contribution in [-0.4, -0.2) is 13.7 Å². The SMILES string of the molecule is CCC1(CC)c2ccccc2-c2cc3ccc4c5c(ccc(c21)c35)cc1c2cc(C(C)C)ccc2n(C(C)C)c14.CCn1c2cc(C(C)(C)C)ccc2c2cc3c(-c4c(C)cccc4C)cc4c5oc6cc(C(C)(C)C)ccc6c5cc5c(-c6c(C)cccc6C)cc(c3c54)c21.Cc1cccc(-n2c3cc(C(C)(C)C)ccc3c3cc4ccc5c6c(cc7ccc(c4c75)c32)-c2cc(C)ccc2C6(C)C)c1. The van der Waals surface area contributed by atoms with Crippen LogP contribution >= 0.6 is 0 Å². The molecule has 27 rings (SSSR count). The van der Waals surface area contributed by atoms with Crippen molar-refractivity contribution in [1.82, 2.24) is 13.7 Å². The Hall–Kier alpha value is -14.1. The minimum absolute atomic E-state index is 0.0129. The summed E-state index contributed by atoms with van der Waals surface area (Å²) in [6, 6.07) is 106. The standard InChI is InChI=1S/C54H51NO.C43H37N.C39H37N/c1-12-55-45-23-33(53(6,7)8)19-21-35(45)41-25-39-38(48-31(4)17-14-18-32(48)5)28-44-50-40(26-42-36-22-20-34(54(9,10)11)24-46(36)56-52(42)44)37(27-43(49(39)50)51(41)55)47-29(2)15-13-16-30(47)3;1-24-9-8-10-29(19-24)44-37-23-28(42(3,4)5)14-17-30(37)35-22-27-12-15-31-38-26(13-16-32(39(27)38)41(35)44)21-34-33-20-25(2)11-18-36(33)43(6,7)40(31)34;1-7-39(8-2)33-12-10-9-11-27(33)31-20-25-14-17-29-36-26(13-16-28(35(25)36)37(31)39)21-32-30-19-24(22(3)4)15-18-34(30)40(23(5)6)38(29)32/h13-28H,12H2,1-11H3;8-23H,1-7H3;9-23H,7-8H2,1-6H3. The van der Waals surface area contributed by atoms with Crippen LogP contribution < -0.4 is 0 Å². The second-order valence-corrected chi connectivity index (χ2v) is 46.2. The molecule has 25 aromatic rings. The Labute approximate surface area is 822 Å². The van der Waals surface area contributed by atoms with Crippen LogP contribution in [0.15, 0.2) is 277 Å². The molecule has 690 valence electrons. The van der Waals surface area contributed by atoms with Gasteiger partial charge in [0.15, 0.2) is 0 Å². The third-order valence-corrected chi connectivity index (χ3v) is 33.7. The zero-order valence-corrected chi connectivity index (χ0v) is 86.0. The number of benzene rings is 21. The van der Waals surface area contributed by atoms with Crippen LogP contribution in [0, 0.1) is 41.5 Å². The van der Waals surface area contributed by atoms with Gasteiger partial charge in [0.25, 0.3) is 0 Å². The van der Waals surface area contributed by atoms with Gasteiger partial charge in [-0.05, 0) is 370 Å². The minimum Gasteiger partial charge on any atom is -0.455 e. The Morgan fingerprint density at radius 1 is 0.314 bits per heavy atom. The Balaban J connectivity index is 0.000000113. The van der Waals surface area contributed by atoms with Gasteiger partial charge in [-0.1, -0.05) is 291 Å². The number of hydrogen-bond donors (Lipinski definition) is 0. The minimum atomic E-state index is -0.0597. The maximum absolute atomic E-state index is 7.11. The molecular formula is C136H125N3O. The average Bonchev–Trinajstić information content (AvgIpc) is 1.54. The Morgan fingerprint density at radius 2 is 0.807 bits per heavy atom. The second-order valence-electron chi connectivity index (χ2n) is 46.2. The maximum Gasteiger partial charge on any atom is 0.143 e. The molecule has 4 aromatic heterocycles. The molecule has 0 aliphatic heterocycles. The smallest absolute Gasteiger partial charge is 0.143 e. The summed E-state index contributed by atoms with van der Waals surface area (Å²) in [6.45, 7) is 56.2. The number of fused-ring (bicyclic) bond motifs is 24. The highest BCUT2D eigenvalue weighted by Crippen LogP contribution is 2.61. The molecule has 140 heavy (non-hydrogen) atoms. The number of hydrogen-bond acceptors (Lipinski definition) is 1. The average molecular weight is 1820 g/mol. The van der Waals surface area contributed by atoms with Gasteiger partial charge in [0.05, 0.1) is 22.1 Å². The van der Waals surface area contributed by atoms with Crippen molar-refractivity contribution in [2.75, 3.05) is 0 Å². The second kappa shape index (κ2) is 30.5. The number of furan rings is 1. The van der Waals surface area contributed by atoms with E-state index >= 15 is 0 Å². The molecule has 0 N–H and O–H groups in total. The van der Waals surface area contributed by atoms with Gasteiger partial charge in [-0.2, -0.15) is 0 Å². The fraction of sp³-hybridized carbons (Fsp3) is 0.250. The van der Waals surface area contributed by atoms with Crippen LogP contribution in [0.2, 0.25) is 0 Å². The first-order valence-corrected chi connectivity index (χ1v) is 51.6. The predicted molar refractivity (Wildman–Crippen MR) is 608 cm³/mol. The quantitative estimate of drug-likeness (QED) is 0.139. The lowest BCUT2D eigenvalue weighted by Crippen LogP contribution is -2.23. The first-order chi connectivity index (χ1) is 67.1. The van der Waals surface area contributed by atoms with E-state index in [4.69, 9.17) is 4.42 Å². The van der Waals surface area contributed by atoms with Crippen molar-refractivity contribution in [3.05, 3.63) is 351 Å². The zero-order chi connectivity index (χ0) is 96.9. The normalized spacial score (nSPS) is 13.9. The van der Waals surface area contributed by atoms with Crippen molar-refractivity contribution in [3.63, 3.8) is 0 Å². The molecule has 0 bridgehead atoms. The van der Waals surface area contributed by atoms with Gasteiger partial charge in [-0.15, -0.1) is 0 Å². The first kappa shape index (κ1) is 87.4. The summed E-state index contributed by atoms with van der Waals surface area (Å²) < 4.78 is 14.8. The van der Waals surface area contributed by atoms with E-state index in [1.807, 2.05) is 0 Å². The van der Waals surface area contributed by atoms with Gasteiger partial charge in [0.2, 0.25) is 0 Å². The maximum atomic E-state index is 7.11. The molecule has 21 aromatic carbocycles. The molecule has 0 unspecified atom stereocenters. The van der Waals surface area contributed by atoms with Crippen LogP contribution in [0.4, 0.5) is 0 Å². The predicted octanol–water partition coefficient (Wildman–Crippen LogP) is 39.2. The lowest BCUT2D eigenvalue weighted by molar-refractivity contribution is 0.494. The molecule has 0 radical (unpaired) electrons. The van der Waals surface area contributed by atoms with Crippen molar-refractivity contribution in [2.45, 2.75) is 225 Å². The highest BCUT2D eigenvalue weighted by molar-refractivity contribution is 6.40. The van der Waals surface area contributed by atoms with E-state index in [2.05, 4.69) is 453 Å². The Morgan fingerprint density at radius 3 is 1.39 bits per heavy atom. The highest BCUT2D eigenvalue weighted by Gasteiger charge is 2.44. The van der Waals surface area contributed by atoms with E-state index in [1.165, 1.54) is 296 Å². The van der Waals surface area contributed by atoms with Crippen molar-refractivity contribution in [3.8, 4) is 50.2 Å². The molecular weight excluding hydrogens is 1690 g/mol. The molecule has 4 nitrogen and oxygen atoms in total. The van der Waals surface area contributed by atoms with Crippen molar-refractivity contribution < 1.29 is 4.42 Å². The van der Waals surface area contributed by atoms with E-state index < -0.39 is 0 Å². The third kappa shape index (κ3) is 12.3. The monoisotopic (exact) mass is 1820 g/mol. The lowest BCUT2D eigenvalue weighted by atomic mass is 9.72. The largest absolute Gasteiger partial charge is 0.455 e. The number of aryl methyl sites for hydroxylation is 7. The van der Waals surface area contributed by atoms with E-state index in [0.717, 1.165) is 30.6 Å². The highest BCUT2D eigenvalue weighted by atomic mass is 16.3. The van der Waals surface area contributed by atoms with Crippen LogP contribution in [0.5, 0.6) is 0 Å². The van der Waals surface area contributed by atoms with Gasteiger partial charge in [0.1, 0.15) is 11.2 Å². The summed E-state index contributed by atoms with van der Waals surface area (Å²) in [5.74, 6) is 0.510. The summed E-state index contributed by atoms with van der Waals surface area (Å²) in [6.07, 6.45) is 2.23. The first-order valence-electron chi connectivity index (χ1n) is 51.6. The zero-order valence-electron chi connectivity index (χ0n) is 86.0. The van der Waals surface area contributed by atoms with E-state index in [-0.39, 0.29) is 27.1 Å². The van der Waals surface area contributed by atoms with Crippen molar-refractivity contribution in [1.29, 1.82) is 0 Å². The molecule has 4 heterocycles. The van der Waals surface area contributed by atoms with Crippen molar-refractivity contribution >= 4 is 184 Å². The lowest BCUT2D eigenvalue weighted by Gasteiger charge is -2.31. The molecule has 0 fully saturated rings. The molecule has 0 spiro atoms. The molecule has 0 saturated carbocycles. The van der Waals surface area contributed by atoms with Crippen LogP contribution in [0.1, 0.15) is 227 Å². The topological polar surface area (TPSA) is 27.9 Å². The summed E-state index contributed by atoms with van der Waals surface area (Å²) in [5, 5.41) is 34.6. The van der Waals surface area contributed by atoms with Gasteiger partial charge >= 0.3 is 0 Å². The van der Waals surface area contributed by atoms with E-state index in [0.29, 0.717) is 12.0 Å². The molecule has 0 amide bonds. The van der Waals surface area contributed by atoms with Crippen LogP contribution in [0.25, 0.3) is 235 Å².